The van der Waals surface area contributed by atoms with E-state index in [1.165, 1.54) is 7.11 Å². The number of esters is 1. The molecule has 0 N–H and O–H groups in total. The van der Waals surface area contributed by atoms with Crippen molar-refractivity contribution < 1.29 is 9.53 Å². The van der Waals surface area contributed by atoms with E-state index in [4.69, 9.17) is 4.74 Å². The molecule has 3 nitrogen and oxygen atoms in total. The molecule has 2 aromatic rings. The zero-order valence-corrected chi connectivity index (χ0v) is 11.4. The highest BCUT2D eigenvalue weighted by molar-refractivity contribution is 5.90. The van der Waals surface area contributed by atoms with Crippen molar-refractivity contribution in [2.45, 2.75) is 32.1 Å². The average molecular weight is 257 g/mol. The van der Waals surface area contributed by atoms with Crippen LogP contribution in [0.25, 0.3) is 10.8 Å². The fourth-order valence-electron chi connectivity index (χ4n) is 2.40. The van der Waals surface area contributed by atoms with Gasteiger partial charge in [-0.2, -0.15) is 0 Å². The number of nitrogens with zero attached hydrogens (tertiary/aromatic N) is 1. The summed E-state index contributed by atoms with van der Waals surface area (Å²) in [6.45, 7) is 2.13. The van der Waals surface area contributed by atoms with Gasteiger partial charge in [0, 0.05) is 17.8 Å². The average Bonchev–Trinajstić information content (AvgIpc) is 2.47. The van der Waals surface area contributed by atoms with E-state index in [0.717, 1.165) is 35.6 Å². The molecule has 1 atom stereocenters. The Morgan fingerprint density at radius 2 is 2.21 bits per heavy atom. The summed E-state index contributed by atoms with van der Waals surface area (Å²) in [7, 11) is 1.45. The number of ether oxygens (including phenoxy) is 1. The molecule has 0 aliphatic heterocycles. The number of pyridine rings is 1. The molecular weight excluding hydrogens is 238 g/mol. The van der Waals surface area contributed by atoms with Crippen molar-refractivity contribution in [1.82, 2.24) is 4.98 Å². The van der Waals surface area contributed by atoms with Crippen LogP contribution in [0.1, 0.15) is 37.7 Å². The van der Waals surface area contributed by atoms with Crippen LogP contribution < -0.4 is 0 Å². The molecule has 0 saturated heterocycles. The molecule has 0 saturated carbocycles. The number of hydrogen-bond donors (Lipinski definition) is 0. The van der Waals surface area contributed by atoms with Crippen molar-refractivity contribution in [2.75, 3.05) is 7.11 Å². The number of rotatable bonds is 5. The van der Waals surface area contributed by atoms with Gasteiger partial charge in [-0.3, -0.25) is 9.78 Å². The lowest BCUT2D eigenvalue weighted by Crippen LogP contribution is -2.14. The highest BCUT2D eigenvalue weighted by Crippen LogP contribution is 2.29. The van der Waals surface area contributed by atoms with Gasteiger partial charge in [0.2, 0.25) is 0 Å². The molecule has 0 spiro atoms. The van der Waals surface area contributed by atoms with E-state index in [1.807, 2.05) is 30.5 Å². The lowest BCUT2D eigenvalue weighted by atomic mass is 9.90. The predicted octanol–water partition coefficient (Wildman–Crippen LogP) is 3.68. The van der Waals surface area contributed by atoms with E-state index in [0.29, 0.717) is 0 Å². The molecule has 0 fully saturated rings. The van der Waals surface area contributed by atoms with Crippen LogP contribution >= 0.6 is 0 Å². The van der Waals surface area contributed by atoms with Gasteiger partial charge in [0.1, 0.15) is 0 Å². The second-order valence-corrected chi connectivity index (χ2v) is 4.66. The molecule has 100 valence electrons. The van der Waals surface area contributed by atoms with Crippen LogP contribution in [0.3, 0.4) is 0 Å². The highest BCUT2D eigenvalue weighted by Gasteiger charge is 2.22. The fourth-order valence-corrected chi connectivity index (χ4v) is 2.40. The van der Waals surface area contributed by atoms with E-state index in [2.05, 4.69) is 11.9 Å². The molecule has 2 rings (SSSR count). The Bertz CT molecular complexity index is 560. The zero-order valence-electron chi connectivity index (χ0n) is 11.4. The summed E-state index contributed by atoms with van der Waals surface area (Å²) in [4.78, 5) is 16.1. The summed E-state index contributed by atoms with van der Waals surface area (Å²) in [6.07, 6.45) is 6.50. The first-order valence-electron chi connectivity index (χ1n) is 6.68. The van der Waals surface area contributed by atoms with Crippen LogP contribution in [0.4, 0.5) is 0 Å². The van der Waals surface area contributed by atoms with Gasteiger partial charge >= 0.3 is 5.97 Å². The molecule has 0 radical (unpaired) electrons. The number of hydrogen-bond acceptors (Lipinski definition) is 3. The van der Waals surface area contributed by atoms with Gasteiger partial charge < -0.3 is 4.74 Å². The number of unbranched alkanes of at least 4 members (excludes halogenated alkanes) is 1. The van der Waals surface area contributed by atoms with Crippen LogP contribution in [0.15, 0.2) is 36.7 Å². The smallest absolute Gasteiger partial charge is 0.313 e. The fraction of sp³-hybridized carbons (Fsp3) is 0.375. The lowest BCUT2D eigenvalue weighted by Gasteiger charge is -2.16. The maximum absolute atomic E-state index is 12.0. The molecule has 0 aliphatic carbocycles. The number of fused-ring (bicyclic) bond motifs is 1. The summed E-state index contributed by atoms with van der Waals surface area (Å²) >= 11 is 0. The van der Waals surface area contributed by atoms with Crippen molar-refractivity contribution in [2.24, 2.45) is 0 Å². The maximum atomic E-state index is 12.0. The summed E-state index contributed by atoms with van der Waals surface area (Å²) in [6, 6.07) is 7.97. The summed E-state index contributed by atoms with van der Waals surface area (Å²) in [5, 5.41) is 2.15. The first-order valence-corrected chi connectivity index (χ1v) is 6.68. The Morgan fingerprint density at radius 1 is 1.37 bits per heavy atom. The molecule has 1 aromatic carbocycles. The Morgan fingerprint density at radius 3 is 2.95 bits per heavy atom. The Hall–Kier alpha value is -1.90. The second kappa shape index (κ2) is 6.32. The standard InChI is InChI=1S/C16H19NO2/c1-3-4-7-15(16(18)19-2)14-8-5-6-12-11-17-10-9-13(12)14/h5-6,8-11,15H,3-4,7H2,1-2H3. The van der Waals surface area contributed by atoms with Crippen LogP contribution in [0, 0.1) is 0 Å². The van der Waals surface area contributed by atoms with Gasteiger partial charge in [-0.25, -0.2) is 0 Å². The van der Waals surface area contributed by atoms with Crippen molar-refractivity contribution in [1.29, 1.82) is 0 Å². The first-order chi connectivity index (χ1) is 9.27. The number of carbonyl (C=O) groups is 1. The highest BCUT2D eigenvalue weighted by atomic mass is 16.5. The van der Waals surface area contributed by atoms with E-state index < -0.39 is 0 Å². The van der Waals surface area contributed by atoms with Crippen LogP contribution in [-0.2, 0) is 9.53 Å². The predicted molar refractivity (Wildman–Crippen MR) is 76.0 cm³/mol. The van der Waals surface area contributed by atoms with E-state index in [1.54, 1.807) is 6.20 Å². The molecule has 1 heterocycles. The summed E-state index contributed by atoms with van der Waals surface area (Å²) < 4.78 is 4.96. The monoisotopic (exact) mass is 257 g/mol. The van der Waals surface area contributed by atoms with Crippen LogP contribution in [0.5, 0.6) is 0 Å². The molecule has 0 amide bonds. The normalized spacial score (nSPS) is 12.3. The number of carbonyl (C=O) groups excluding carboxylic acids is 1. The quantitative estimate of drug-likeness (QED) is 0.767. The number of methoxy groups -OCH3 is 1. The van der Waals surface area contributed by atoms with Gasteiger partial charge in [-0.15, -0.1) is 0 Å². The molecular formula is C16H19NO2. The van der Waals surface area contributed by atoms with E-state index in [-0.39, 0.29) is 11.9 Å². The third-order valence-corrected chi connectivity index (χ3v) is 3.42. The summed E-state index contributed by atoms with van der Waals surface area (Å²) in [5.41, 5.74) is 1.04. The van der Waals surface area contributed by atoms with Gasteiger partial charge in [0.25, 0.3) is 0 Å². The van der Waals surface area contributed by atoms with Gasteiger partial charge in [-0.05, 0) is 23.4 Å². The SMILES string of the molecule is CCCCC(C(=O)OC)c1cccc2cnccc12. The van der Waals surface area contributed by atoms with Gasteiger partial charge in [0.05, 0.1) is 13.0 Å². The van der Waals surface area contributed by atoms with Crippen LogP contribution in [-0.4, -0.2) is 18.1 Å². The second-order valence-electron chi connectivity index (χ2n) is 4.66. The largest absolute Gasteiger partial charge is 0.469 e. The minimum atomic E-state index is -0.184. The lowest BCUT2D eigenvalue weighted by molar-refractivity contribution is -0.142. The Kier molecular flexibility index (Phi) is 4.50. The number of aromatic nitrogens is 1. The molecule has 19 heavy (non-hydrogen) atoms. The minimum Gasteiger partial charge on any atom is -0.469 e. The van der Waals surface area contributed by atoms with Crippen LogP contribution in [0.2, 0.25) is 0 Å². The molecule has 0 bridgehead atoms. The molecule has 1 unspecified atom stereocenters. The zero-order chi connectivity index (χ0) is 13.7. The molecule has 1 aromatic heterocycles. The third kappa shape index (κ3) is 2.92. The number of benzene rings is 1. The maximum Gasteiger partial charge on any atom is 0.313 e. The van der Waals surface area contributed by atoms with E-state index >= 15 is 0 Å². The summed E-state index contributed by atoms with van der Waals surface area (Å²) in [5.74, 6) is -0.339. The van der Waals surface area contributed by atoms with Crippen molar-refractivity contribution in [3.8, 4) is 0 Å². The topological polar surface area (TPSA) is 39.2 Å². The van der Waals surface area contributed by atoms with Gasteiger partial charge in [0.15, 0.2) is 0 Å². The first kappa shape index (κ1) is 13.5. The van der Waals surface area contributed by atoms with E-state index in [9.17, 15) is 4.79 Å². The van der Waals surface area contributed by atoms with Crippen molar-refractivity contribution in [3.05, 3.63) is 42.2 Å². The van der Waals surface area contributed by atoms with Crippen molar-refractivity contribution >= 4 is 16.7 Å². The van der Waals surface area contributed by atoms with Crippen molar-refractivity contribution in [3.63, 3.8) is 0 Å². The minimum absolute atomic E-state index is 0.155. The molecule has 0 aliphatic rings. The third-order valence-electron chi connectivity index (χ3n) is 3.42. The Balaban J connectivity index is 2.46. The van der Waals surface area contributed by atoms with Gasteiger partial charge in [-0.1, -0.05) is 38.0 Å². The molecule has 3 heteroatoms. The Labute approximate surface area is 113 Å².